The molecule has 1 atom stereocenters. The highest BCUT2D eigenvalue weighted by atomic mass is 31.2. The maximum atomic E-state index is 14.2. The van der Waals surface area contributed by atoms with E-state index in [1.165, 1.54) is 31.2 Å². The number of unbranched alkanes of at least 4 members (excludes halogenated alkanes) is 4. The van der Waals surface area contributed by atoms with E-state index in [2.05, 4.69) is 9.84 Å². The molecule has 0 radical (unpaired) electrons. The summed E-state index contributed by atoms with van der Waals surface area (Å²) in [6.07, 6.45) is 2.51. The molecule has 0 bridgehead atoms. The number of phosphoric ester groups is 1. The zero-order valence-electron chi connectivity index (χ0n) is 14.7. The highest BCUT2D eigenvalue weighted by Gasteiger charge is 2.20. The number of carbonyl (C=O) groups is 2. The number of halogens is 1. The summed E-state index contributed by atoms with van der Waals surface area (Å²) < 4.78 is 29.2. The zero-order valence-corrected chi connectivity index (χ0v) is 15.6. The highest BCUT2D eigenvalue weighted by Crippen LogP contribution is 2.37. The lowest BCUT2D eigenvalue weighted by Crippen LogP contribution is -2.20. The standard InChI is InChI=1S/C17H25FNO6P/c1-13(20)19-12-6-4-2-3-5-7-16(21)17(18)14-8-10-15(11-9-14)25-26(22,23)24/h8-11,17H,2-7,12H2,1H3,(H,19,20)(H2,22,23,24). The van der Waals surface area contributed by atoms with Crippen LogP contribution in [0.5, 0.6) is 5.75 Å². The van der Waals surface area contributed by atoms with Crippen LogP contribution >= 0.6 is 7.82 Å². The van der Waals surface area contributed by atoms with Crippen molar-refractivity contribution in [2.45, 2.75) is 51.6 Å². The van der Waals surface area contributed by atoms with Crippen molar-refractivity contribution in [2.24, 2.45) is 0 Å². The minimum Gasteiger partial charge on any atom is -0.404 e. The first kappa shape index (κ1) is 22.3. The average molecular weight is 389 g/mol. The average Bonchev–Trinajstić information content (AvgIpc) is 2.55. The molecule has 9 heteroatoms. The zero-order chi connectivity index (χ0) is 19.6. The molecular weight excluding hydrogens is 364 g/mol. The normalized spacial score (nSPS) is 12.5. The van der Waals surface area contributed by atoms with Crippen LogP contribution in [0, 0.1) is 0 Å². The molecule has 1 amide bonds. The summed E-state index contributed by atoms with van der Waals surface area (Å²) in [7, 11) is -4.66. The Morgan fingerprint density at radius 1 is 1.12 bits per heavy atom. The van der Waals surface area contributed by atoms with Gasteiger partial charge in [-0.1, -0.05) is 31.4 Å². The molecule has 7 nitrogen and oxygen atoms in total. The Bertz CT molecular complexity index is 631. The number of hydrogen-bond acceptors (Lipinski definition) is 4. The van der Waals surface area contributed by atoms with Crippen LogP contribution in [-0.4, -0.2) is 28.0 Å². The van der Waals surface area contributed by atoms with Gasteiger partial charge in [-0.3, -0.25) is 19.4 Å². The van der Waals surface area contributed by atoms with Crippen LogP contribution in [0.3, 0.4) is 0 Å². The third-order valence-electron chi connectivity index (χ3n) is 3.65. The van der Waals surface area contributed by atoms with Crippen molar-refractivity contribution in [3.63, 3.8) is 0 Å². The van der Waals surface area contributed by atoms with Crippen molar-refractivity contribution in [2.75, 3.05) is 6.54 Å². The lowest BCUT2D eigenvalue weighted by molar-refractivity contribution is -0.124. The Balaban J connectivity index is 2.28. The molecule has 1 unspecified atom stereocenters. The summed E-state index contributed by atoms with van der Waals surface area (Å²) in [5, 5.41) is 2.71. The predicted octanol–water partition coefficient (Wildman–Crippen LogP) is 3.21. The van der Waals surface area contributed by atoms with Crippen LogP contribution in [-0.2, 0) is 14.2 Å². The number of nitrogens with one attached hydrogen (secondary N) is 1. The van der Waals surface area contributed by atoms with Crippen LogP contribution < -0.4 is 9.84 Å². The molecule has 0 spiro atoms. The van der Waals surface area contributed by atoms with E-state index in [-0.39, 0.29) is 23.6 Å². The molecule has 0 saturated heterocycles. The Kier molecular flexibility index (Phi) is 9.48. The first-order valence-corrected chi connectivity index (χ1v) is 9.98. The van der Waals surface area contributed by atoms with Gasteiger partial charge in [-0.25, -0.2) is 8.96 Å². The van der Waals surface area contributed by atoms with E-state index < -0.39 is 19.8 Å². The molecule has 0 aromatic heterocycles. The number of benzene rings is 1. The number of rotatable bonds is 12. The Labute approximate surface area is 152 Å². The topological polar surface area (TPSA) is 113 Å². The summed E-state index contributed by atoms with van der Waals surface area (Å²) >= 11 is 0. The predicted molar refractivity (Wildman–Crippen MR) is 94.4 cm³/mol. The lowest BCUT2D eigenvalue weighted by atomic mass is 10.0. The molecule has 146 valence electrons. The Hall–Kier alpha value is -1.76. The van der Waals surface area contributed by atoms with E-state index in [1.807, 2.05) is 0 Å². The second kappa shape index (κ2) is 11.1. The summed E-state index contributed by atoms with van der Waals surface area (Å²) in [4.78, 5) is 40.0. The van der Waals surface area contributed by atoms with Crippen molar-refractivity contribution in [3.8, 4) is 5.75 Å². The van der Waals surface area contributed by atoms with E-state index in [9.17, 15) is 18.5 Å². The fraction of sp³-hybridized carbons (Fsp3) is 0.529. The molecule has 0 aliphatic rings. The van der Waals surface area contributed by atoms with E-state index in [0.29, 0.717) is 13.0 Å². The van der Waals surface area contributed by atoms with Gasteiger partial charge in [0.05, 0.1) is 0 Å². The molecule has 1 rings (SSSR count). The number of alkyl halides is 1. The molecule has 0 fully saturated rings. The largest absolute Gasteiger partial charge is 0.524 e. The number of ketones is 1. The third kappa shape index (κ3) is 9.65. The van der Waals surface area contributed by atoms with Crippen molar-refractivity contribution in [1.82, 2.24) is 5.32 Å². The Morgan fingerprint density at radius 3 is 2.27 bits per heavy atom. The second-order valence-corrected chi connectivity index (χ2v) is 7.14. The van der Waals surface area contributed by atoms with Crippen LogP contribution in [0.4, 0.5) is 4.39 Å². The SMILES string of the molecule is CC(=O)NCCCCCCCC(=O)C(F)c1ccc(OP(=O)(O)O)cc1. The summed E-state index contributed by atoms with van der Waals surface area (Å²) in [6, 6.07) is 4.97. The molecule has 0 aliphatic heterocycles. The second-order valence-electron chi connectivity index (χ2n) is 5.98. The number of phosphoric acid groups is 1. The van der Waals surface area contributed by atoms with Crippen LogP contribution in [0.2, 0.25) is 0 Å². The summed E-state index contributed by atoms with van der Waals surface area (Å²) in [5.41, 5.74) is 0.128. The fourth-order valence-corrected chi connectivity index (χ4v) is 2.76. The molecule has 0 saturated carbocycles. The van der Waals surface area contributed by atoms with Gasteiger partial charge in [0, 0.05) is 19.9 Å². The van der Waals surface area contributed by atoms with Crippen molar-refractivity contribution < 1.29 is 32.9 Å². The van der Waals surface area contributed by atoms with E-state index >= 15 is 0 Å². The molecule has 3 N–H and O–H groups in total. The van der Waals surface area contributed by atoms with Gasteiger partial charge in [-0.05, 0) is 30.5 Å². The van der Waals surface area contributed by atoms with Gasteiger partial charge in [0.15, 0.2) is 12.0 Å². The maximum Gasteiger partial charge on any atom is 0.524 e. The van der Waals surface area contributed by atoms with E-state index in [1.54, 1.807) is 0 Å². The number of hydrogen-bond donors (Lipinski definition) is 3. The number of amides is 1. The fourth-order valence-electron chi connectivity index (χ4n) is 2.37. The molecule has 0 heterocycles. The number of carbonyl (C=O) groups excluding carboxylic acids is 2. The quantitative estimate of drug-likeness (QED) is 0.374. The van der Waals surface area contributed by atoms with Gasteiger partial charge in [-0.2, -0.15) is 0 Å². The van der Waals surface area contributed by atoms with Crippen molar-refractivity contribution >= 4 is 19.5 Å². The van der Waals surface area contributed by atoms with Crippen molar-refractivity contribution in [1.29, 1.82) is 0 Å². The molecular formula is C17H25FNO6P. The van der Waals surface area contributed by atoms with Gasteiger partial charge >= 0.3 is 7.82 Å². The maximum absolute atomic E-state index is 14.2. The Morgan fingerprint density at radius 2 is 1.69 bits per heavy atom. The smallest absolute Gasteiger partial charge is 0.404 e. The van der Waals surface area contributed by atoms with Crippen LogP contribution in [0.15, 0.2) is 24.3 Å². The number of Topliss-reactive ketones (excluding diaryl/α,β-unsaturated/α-hetero) is 1. The van der Waals surface area contributed by atoms with Gasteiger partial charge in [0.25, 0.3) is 0 Å². The highest BCUT2D eigenvalue weighted by molar-refractivity contribution is 7.46. The minimum absolute atomic E-state index is 0.0501. The molecule has 1 aromatic carbocycles. The minimum atomic E-state index is -4.66. The molecule has 0 aliphatic carbocycles. The third-order valence-corrected chi connectivity index (χ3v) is 4.10. The van der Waals surface area contributed by atoms with Crippen molar-refractivity contribution in [3.05, 3.63) is 29.8 Å². The lowest BCUT2D eigenvalue weighted by Gasteiger charge is -2.10. The first-order valence-electron chi connectivity index (χ1n) is 8.45. The summed E-state index contributed by atoms with van der Waals surface area (Å²) in [6.45, 7) is 2.11. The van der Waals surface area contributed by atoms with E-state index in [4.69, 9.17) is 9.79 Å². The van der Waals surface area contributed by atoms with Gasteiger partial charge in [-0.15, -0.1) is 0 Å². The van der Waals surface area contributed by atoms with Gasteiger partial charge < -0.3 is 9.84 Å². The monoisotopic (exact) mass is 389 g/mol. The van der Waals surface area contributed by atoms with Crippen LogP contribution in [0.25, 0.3) is 0 Å². The van der Waals surface area contributed by atoms with Crippen LogP contribution in [0.1, 0.15) is 57.2 Å². The summed E-state index contributed by atoms with van der Waals surface area (Å²) in [5.74, 6) is -0.668. The molecule has 1 aromatic rings. The van der Waals surface area contributed by atoms with E-state index in [0.717, 1.165) is 25.7 Å². The first-order chi connectivity index (χ1) is 12.2. The van der Waals surface area contributed by atoms with Gasteiger partial charge in [0.1, 0.15) is 5.75 Å². The van der Waals surface area contributed by atoms with Gasteiger partial charge in [0.2, 0.25) is 5.91 Å². The molecule has 26 heavy (non-hydrogen) atoms.